The van der Waals surface area contributed by atoms with E-state index in [1.807, 2.05) is 0 Å². The lowest BCUT2D eigenvalue weighted by Crippen LogP contribution is -1.93. The fraction of sp³-hybridized carbons (Fsp3) is 0.0400. The summed E-state index contributed by atoms with van der Waals surface area (Å²) in [5.41, 5.74) is 10.7. The molecular weight excluding hydrogens is 460 g/mol. The summed E-state index contributed by atoms with van der Waals surface area (Å²) in [6.07, 6.45) is 0.987. The van der Waals surface area contributed by atoms with Crippen LogP contribution in [-0.4, -0.2) is 0 Å². The first-order valence-corrected chi connectivity index (χ1v) is 10.6. The van der Waals surface area contributed by atoms with E-state index in [1.165, 1.54) is 44.5 Å². The van der Waals surface area contributed by atoms with Gasteiger partial charge in [-0.2, -0.15) is 0 Å². The Morgan fingerprint density at radius 1 is 0.519 bits per heavy atom. The Hall–Kier alpha value is -2.16. The van der Waals surface area contributed by atoms with Gasteiger partial charge in [0, 0.05) is 8.95 Å². The molecule has 0 spiro atoms. The SMILES string of the molecule is Brc1ccc(-c2ccc3c(c2-c2ccc(Br)cc2)Cc2ccccc2-3)cc1. The fourth-order valence-electron chi connectivity index (χ4n) is 4.03. The second kappa shape index (κ2) is 6.78. The molecule has 1 aliphatic carbocycles. The van der Waals surface area contributed by atoms with Gasteiger partial charge >= 0.3 is 0 Å². The zero-order valence-corrected chi connectivity index (χ0v) is 17.7. The summed E-state index contributed by atoms with van der Waals surface area (Å²) in [4.78, 5) is 0. The van der Waals surface area contributed by atoms with Gasteiger partial charge in [-0.15, -0.1) is 0 Å². The van der Waals surface area contributed by atoms with E-state index in [4.69, 9.17) is 0 Å². The summed E-state index contributed by atoms with van der Waals surface area (Å²) in [7, 11) is 0. The molecule has 2 heteroatoms. The predicted molar refractivity (Wildman–Crippen MR) is 121 cm³/mol. The standard InChI is InChI=1S/C25H16Br2/c26-19-9-5-16(6-10-19)22-13-14-23-21-4-2-1-3-18(21)15-24(23)25(22)17-7-11-20(27)12-8-17/h1-14H,15H2. The third-order valence-electron chi connectivity index (χ3n) is 5.28. The molecule has 0 saturated heterocycles. The summed E-state index contributed by atoms with van der Waals surface area (Å²) in [5, 5.41) is 0. The number of benzene rings is 4. The second-order valence-electron chi connectivity index (χ2n) is 6.86. The van der Waals surface area contributed by atoms with Crippen molar-refractivity contribution in [2.75, 3.05) is 0 Å². The second-order valence-corrected chi connectivity index (χ2v) is 8.69. The highest BCUT2D eigenvalue weighted by atomic mass is 79.9. The van der Waals surface area contributed by atoms with Crippen LogP contribution in [0.1, 0.15) is 11.1 Å². The Morgan fingerprint density at radius 2 is 1.11 bits per heavy atom. The molecule has 1 aliphatic rings. The van der Waals surface area contributed by atoms with E-state index in [0.717, 1.165) is 15.4 Å². The highest BCUT2D eigenvalue weighted by molar-refractivity contribution is 9.10. The summed E-state index contributed by atoms with van der Waals surface area (Å²) < 4.78 is 2.21. The third kappa shape index (κ3) is 2.97. The normalized spacial score (nSPS) is 11.9. The van der Waals surface area contributed by atoms with Crippen molar-refractivity contribution in [3.05, 3.63) is 105 Å². The van der Waals surface area contributed by atoms with Gasteiger partial charge in [0.1, 0.15) is 0 Å². The van der Waals surface area contributed by atoms with Gasteiger partial charge in [-0.05, 0) is 75.2 Å². The molecule has 5 rings (SSSR count). The van der Waals surface area contributed by atoms with Crippen LogP contribution in [0, 0.1) is 0 Å². The molecule has 0 aromatic heterocycles. The number of fused-ring (bicyclic) bond motifs is 3. The maximum atomic E-state index is 3.57. The number of halogens is 2. The average molecular weight is 476 g/mol. The monoisotopic (exact) mass is 474 g/mol. The van der Waals surface area contributed by atoms with Gasteiger partial charge in [0.05, 0.1) is 0 Å². The van der Waals surface area contributed by atoms with Crippen LogP contribution in [0.2, 0.25) is 0 Å². The Morgan fingerprint density at radius 3 is 1.81 bits per heavy atom. The van der Waals surface area contributed by atoms with Crippen molar-refractivity contribution in [2.24, 2.45) is 0 Å². The molecule has 0 nitrogen and oxygen atoms in total. The van der Waals surface area contributed by atoms with Crippen molar-refractivity contribution >= 4 is 31.9 Å². The van der Waals surface area contributed by atoms with E-state index in [9.17, 15) is 0 Å². The molecule has 27 heavy (non-hydrogen) atoms. The van der Waals surface area contributed by atoms with E-state index in [0.29, 0.717) is 0 Å². The fourth-order valence-corrected chi connectivity index (χ4v) is 4.56. The van der Waals surface area contributed by atoms with E-state index >= 15 is 0 Å². The Kier molecular flexibility index (Phi) is 4.26. The van der Waals surface area contributed by atoms with Crippen LogP contribution in [0.4, 0.5) is 0 Å². The molecule has 4 aromatic rings. The lowest BCUT2D eigenvalue weighted by Gasteiger charge is -2.16. The molecular formula is C25H16Br2. The first kappa shape index (κ1) is 17.0. The molecule has 0 unspecified atom stereocenters. The molecule has 0 aliphatic heterocycles. The van der Waals surface area contributed by atoms with Gasteiger partial charge in [-0.1, -0.05) is 92.5 Å². The lowest BCUT2D eigenvalue weighted by atomic mass is 9.88. The van der Waals surface area contributed by atoms with Crippen LogP contribution >= 0.6 is 31.9 Å². The Bertz CT molecular complexity index is 1140. The minimum Gasteiger partial charge on any atom is -0.0619 e. The Labute approximate surface area is 176 Å². The van der Waals surface area contributed by atoms with Crippen molar-refractivity contribution in [1.29, 1.82) is 0 Å². The first-order valence-electron chi connectivity index (χ1n) is 8.97. The van der Waals surface area contributed by atoms with Crippen molar-refractivity contribution in [3.63, 3.8) is 0 Å². The van der Waals surface area contributed by atoms with Gasteiger partial charge in [0.25, 0.3) is 0 Å². The molecule has 0 radical (unpaired) electrons. The van der Waals surface area contributed by atoms with Gasteiger partial charge in [0.2, 0.25) is 0 Å². The largest absolute Gasteiger partial charge is 0.0619 e. The molecule has 0 bridgehead atoms. The summed E-state index contributed by atoms with van der Waals surface area (Å²) in [5.74, 6) is 0. The van der Waals surface area contributed by atoms with Gasteiger partial charge < -0.3 is 0 Å². The molecule has 0 fully saturated rings. The zero-order valence-electron chi connectivity index (χ0n) is 14.5. The quantitative estimate of drug-likeness (QED) is 0.242. The van der Waals surface area contributed by atoms with Gasteiger partial charge in [-0.25, -0.2) is 0 Å². The molecule has 4 aromatic carbocycles. The van der Waals surface area contributed by atoms with Crippen LogP contribution < -0.4 is 0 Å². The summed E-state index contributed by atoms with van der Waals surface area (Å²) in [6.45, 7) is 0. The molecule has 0 heterocycles. The number of hydrogen-bond acceptors (Lipinski definition) is 0. The predicted octanol–water partition coefficient (Wildman–Crippen LogP) is 8.12. The highest BCUT2D eigenvalue weighted by Gasteiger charge is 2.24. The van der Waals surface area contributed by atoms with E-state index in [-0.39, 0.29) is 0 Å². The van der Waals surface area contributed by atoms with Gasteiger partial charge in [-0.3, -0.25) is 0 Å². The summed E-state index contributed by atoms with van der Waals surface area (Å²) in [6, 6.07) is 30.6. The Balaban J connectivity index is 1.79. The van der Waals surface area contributed by atoms with Crippen LogP contribution in [0.15, 0.2) is 93.9 Å². The topological polar surface area (TPSA) is 0 Å². The minimum atomic E-state index is 0.987. The molecule has 0 N–H and O–H groups in total. The third-order valence-corrected chi connectivity index (χ3v) is 6.33. The van der Waals surface area contributed by atoms with Crippen LogP contribution in [-0.2, 0) is 6.42 Å². The van der Waals surface area contributed by atoms with E-state index < -0.39 is 0 Å². The first-order chi connectivity index (χ1) is 13.2. The van der Waals surface area contributed by atoms with Crippen molar-refractivity contribution in [1.82, 2.24) is 0 Å². The maximum Gasteiger partial charge on any atom is 0.0175 e. The average Bonchev–Trinajstić information content (AvgIpc) is 3.07. The minimum absolute atomic E-state index is 0.987. The van der Waals surface area contributed by atoms with Crippen LogP contribution in [0.25, 0.3) is 33.4 Å². The van der Waals surface area contributed by atoms with Gasteiger partial charge in [0.15, 0.2) is 0 Å². The highest BCUT2D eigenvalue weighted by Crippen LogP contribution is 2.46. The van der Waals surface area contributed by atoms with Crippen molar-refractivity contribution in [3.8, 4) is 33.4 Å². The smallest absolute Gasteiger partial charge is 0.0175 e. The van der Waals surface area contributed by atoms with Crippen LogP contribution in [0.5, 0.6) is 0 Å². The van der Waals surface area contributed by atoms with E-state index in [1.54, 1.807) is 0 Å². The van der Waals surface area contributed by atoms with Crippen molar-refractivity contribution < 1.29 is 0 Å². The lowest BCUT2D eigenvalue weighted by molar-refractivity contribution is 1.26. The molecule has 0 saturated carbocycles. The zero-order chi connectivity index (χ0) is 18.4. The van der Waals surface area contributed by atoms with Crippen LogP contribution in [0.3, 0.4) is 0 Å². The molecule has 0 atom stereocenters. The molecule has 130 valence electrons. The number of hydrogen-bond donors (Lipinski definition) is 0. The summed E-state index contributed by atoms with van der Waals surface area (Å²) >= 11 is 7.12. The molecule has 0 amide bonds. The van der Waals surface area contributed by atoms with E-state index in [2.05, 4.69) is 117 Å². The van der Waals surface area contributed by atoms with Crippen molar-refractivity contribution in [2.45, 2.75) is 6.42 Å². The number of rotatable bonds is 2. The maximum absolute atomic E-state index is 3.57.